The van der Waals surface area contributed by atoms with Crippen LogP contribution in [0.25, 0.3) is 0 Å². The SMILES string of the molecule is O=C1C2CCc3ccccc3C12. The molecule has 60 valence electrons. The average molecular weight is 158 g/mol. The molecule has 2 atom stereocenters. The van der Waals surface area contributed by atoms with E-state index in [4.69, 9.17) is 0 Å². The van der Waals surface area contributed by atoms with E-state index >= 15 is 0 Å². The summed E-state index contributed by atoms with van der Waals surface area (Å²) in [7, 11) is 0. The van der Waals surface area contributed by atoms with Gasteiger partial charge in [0.05, 0.1) is 5.92 Å². The van der Waals surface area contributed by atoms with Crippen LogP contribution in [0, 0.1) is 5.92 Å². The lowest BCUT2D eigenvalue weighted by atomic mass is 9.92. The van der Waals surface area contributed by atoms with Gasteiger partial charge in [-0.15, -0.1) is 0 Å². The Morgan fingerprint density at radius 2 is 2.08 bits per heavy atom. The molecule has 1 saturated carbocycles. The molecule has 3 rings (SSSR count). The number of ketones is 1. The van der Waals surface area contributed by atoms with Crippen LogP contribution in [0.2, 0.25) is 0 Å². The third-order valence-electron chi connectivity index (χ3n) is 3.08. The first-order valence-corrected chi connectivity index (χ1v) is 4.49. The normalized spacial score (nSPS) is 30.8. The van der Waals surface area contributed by atoms with Gasteiger partial charge in [-0.2, -0.15) is 0 Å². The zero-order valence-electron chi connectivity index (χ0n) is 6.79. The van der Waals surface area contributed by atoms with Gasteiger partial charge in [-0.05, 0) is 24.0 Å². The molecule has 0 spiro atoms. The number of rotatable bonds is 0. The third kappa shape index (κ3) is 0.663. The molecule has 0 radical (unpaired) electrons. The van der Waals surface area contributed by atoms with E-state index in [2.05, 4.69) is 18.2 Å². The van der Waals surface area contributed by atoms with Crippen LogP contribution in [0.1, 0.15) is 23.5 Å². The fraction of sp³-hybridized carbons (Fsp3) is 0.364. The minimum Gasteiger partial charge on any atom is -0.299 e. The second-order valence-corrected chi connectivity index (χ2v) is 3.72. The molecule has 0 heterocycles. The monoisotopic (exact) mass is 158 g/mol. The topological polar surface area (TPSA) is 17.1 Å². The number of hydrogen-bond donors (Lipinski definition) is 0. The van der Waals surface area contributed by atoms with Crippen LogP contribution in [-0.2, 0) is 11.2 Å². The molecule has 2 aliphatic rings. The molecule has 0 aliphatic heterocycles. The summed E-state index contributed by atoms with van der Waals surface area (Å²) in [6.07, 6.45) is 2.18. The Labute approximate surface area is 71.4 Å². The summed E-state index contributed by atoms with van der Waals surface area (Å²) in [6.45, 7) is 0. The maximum atomic E-state index is 11.3. The first-order valence-electron chi connectivity index (χ1n) is 4.49. The standard InChI is InChI=1S/C11H10O/c12-11-9-6-5-7-3-1-2-4-8(7)10(9)11/h1-4,9-10H,5-6H2. The summed E-state index contributed by atoms with van der Waals surface area (Å²) in [4.78, 5) is 11.3. The minimum atomic E-state index is 0.287. The van der Waals surface area contributed by atoms with Gasteiger partial charge in [0.2, 0.25) is 0 Å². The maximum absolute atomic E-state index is 11.3. The van der Waals surface area contributed by atoms with Crippen LogP contribution in [0.4, 0.5) is 0 Å². The average Bonchev–Trinajstić information content (AvgIpc) is 2.78. The Morgan fingerprint density at radius 3 is 3.00 bits per heavy atom. The van der Waals surface area contributed by atoms with Gasteiger partial charge in [0.25, 0.3) is 0 Å². The third-order valence-corrected chi connectivity index (χ3v) is 3.08. The first-order chi connectivity index (χ1) is 5.88. The van der Waals surface area contributed by atoms with Gasteiger partial charge in [0.1, 0.15) is 5.78 Å². The molecule has 1 aromatic rings. The first kappa shape index (κ1) is 6.41. The van der Waals surface area contributed by atoms with Crippen molar-refractivity contribution in [3.8, 4) is 0 Å². The fourth-order valence-corrected chi connectivity index (χ4v) is 2.35. The van der Waals surface area contributed by atoms with E-state index in [0.29, 0.717) is 11.7 Å². The van der Waals surface area contributed by atoms with Crippen LogP contribution >= 0.6 is 0 Å². The molecule has 1 aromatic carbocycles. The van der Waals surface area contributed by atoms with E-state index in [1.807, 2.05) is 6.07 Å². The molecule has 0 amide bonds. The van der Waals surface area contributed by atoms with E-state index < -0.39 is 0 Å². The lowest BCUT2D eigenvalue weighted by Gasteiger charge is -2.11. The number of benzene rings is 1. The van der Waals surface area contributed by atoms with Gasteiger partial charge in [-0.3, -0.25) is 4.79 Å². The Kier molecular flexibility index (Phi) is 1.06. The molecular formula is C11H10O. The van der Waals surface area contributed by atoms with Crippen LogP contribution in [0.15, 0.2) is 24.3 Å². The van der Waals surface area contributed by atoms with Crippen molar-refractivity contribution in [1.29, 1.82) is 0 Å². The van der Waals surface area contributed by atoms with Crippen molar-refractivity contribution in [1.82, 2.24) is 0 Å². The smallest absolute Gasteiger partial charge is 0.145 e. The molecule has 1 nitrogen and oxygen atoms in total. The molecule has 1 heteroatoms. The highest BCUT2D eigenvalue weighted by Crippen LogP contribution is 2.50. The molecule has 0 bridgehead atoms. The highest BCUT2D eigenvalue weighted by molar-refractivity contribution is 6.05. The van der Waals surface area contributed by atoms with Gasteiger partial charge in [-0.1, -0.05) is 24.3 Å². The van der Waals surface area contributed by atoms with Crippen molar-refractivity contribution < 1.29 is 4.79 Å². The van der Waals surface area contributed by atoms with E-state index in [1.165, 1.54) is 11.1 Å². The zero-order valence-corrected chi connectivity index (χ0v) is 6.79. The molecule has 0 saturated heterocycles. The van der Waals surface area contributed by atoms with Crippen molar-refractivity contribution >= 4 is 5.78 Å². The summed E-state index contributed by atoms with van der Waals surface area (Å²) < 4.78 is 0. The summed E-state index contributed by atoms with van der Waals surface area (Å²) in [5.74, 6) is 1.15. The van der Waals surface area contributed by atoms with Crippen molar-refractivity contribution in [3.63, 3.8) is 0 Å². The number of hydrogen-bond acceptors (Lipinski definition) is 1. The highest BCUT2D eigenvalue weighted by Gasteiger charge is 2.52. The van der Waals surface area contributed by atoms with Gasteiger partial charge in [-0.25, -0.2) is 0 Å². The Balaban J connectivity index is 2.15. The predicted molar refractivity (Wildman–Crippen MR) is 46.0 cm³/mol. The lowest BCUT2D eigenvalue weighted by molar-refractivity contribution is -0.111. The number of aryl methyl sites for hydroxylation is 1. The van der Waals surface area contributed by atoms with E-state index in [9.17, 15) is 4.79 Å². The largest absolute Gasteiger partial charge is 0.299 e. The second kappa shape index (κ2) is 1.98. The van der Waals surface area contributed by atoms with Crippen LogP contribution in [0.5, 0.6) is 0 Å². The molecule has 1 fully saturated rings. The van der Waals surface area contributed by atoms with Crippen molar-refractivity contribution in [2.24, 2.45) is 5.92 Å². The van der Waals surface area contributed by atoms with Crippen molar-refractivity contribution in [2.45, 2.75) is 18.8 Å². The van der Waals surface area contributed by atoms with E-state index in [-0.39, 0.29) is 5.92 Å². The number of fused-ring (bicyclic) bond motifs is 3. The summed E-state index contributed by atoms with van der Waals surface area (Å²) in [5, 5.41) is 0. The Morgan fingerprint density at radius 1 is 1.25 bits per heavy atom. The van der Waals surface area contributed by atoms with Crippen LogP contribution in [-0.4, -0.2) is 5.78 Å². The summed E-state index contributed by atoms with van der Waals surface area (Å²) >= 11 is 0. The zero-order chi connectivity index (χ0) is 8.13. The van der Waals surface area contributed by atoms with Gasteiger partial charge in [0.15, 0.2) is 0 Å². The van der Waals surface area contributed by atoms with E-state index in [1.54, 1.807) is 0 Å². The number of carbonyl (C=O) groups is 1. The van der Waals surface area contributed by atoms with Crippen molar-refractivity contribution in [2.75, 3.05) is 0 Å². The summed E-state index contributed by atoms with van der Waals surface area (Å²) in [6, 6.07) is 8.35. The second-order valence-electron chi connectivity index (χ2n) is 3.72. The quantitative estimate of drug-likeness (QED) is 0.563. The highest BCUT2D eigenvalue weighted by atomic mass is 16.1. The van der Waals surface area contributed by atoms with Crippen molar-refractivity contribution in [3.05, 3.63) is 35.4 Å². The lowest BCUT2D eigenvalue weighted by Crippen LogP contribution is -2.00. The molecule has 12 heavy (non-hydrogen) atoms. The number of Topliss-reactive ketones (excluding diaryl/α,β-unsaturated/α-hetero) is 1. The van der Waals surface area contributed by atoms with Gasteiger partial charge < -0.3 is 0 Å². The number of carbonyl (C=O) groups excluding carboxylic acids is 1. The molecule has 2 aliphatic carbocycles. The Hall–Kier alpha value is -1.11. The molecule has 0 N–H and O–H groups in total. The Bertz CT molecular complexity index is 354. The maximum Gasteiger partial charge on any atom is 0.145 e. The summed E-state index contributed by atoms with van der Waals surface area (Å²) in [5.41, 5.74) is 2.70. The molecular weight excluding hydrogens is 148 g/mol. The van der Waals surface area contributed by atoms with Gasteiger partial charge >= 0.3 is 0 Å². The predicted octanol–water partition coefficient (Wildman–Crippen LogP) is 1.92. The minimum absolute atomic E-state index is 0.287. The molecule has 0 aromatic heterocycles. The fourth-order valence-electron chi connectivity index (χ4n) is 2.35. The van der Waals surface area contributed by atoms with Gasteiger partial charge in [0, 0.05) is 5.92 Å². The van der Waals surface area contributed by atoms with E-state index in [0.717, 1.165) is 12.8 Å². The molecule has 2 unspecified atom stereocenters. The van der Waals surface area contributed by atoms with Crippen LogP contribution < -0.4 is 0 Å². The van der Waals surface area contributed by atoms with Crippen LogP contribution in [0.3, 0.4) is 0 Å².